The Balaban J connectivity index is 3.48. The molecule has 0 saturated carbocycles. The van der Waals surface area contributed by atoms with E-state index in [9.17, 15) is 22.8 Å². The Hall–Kier alpha value is -2.04. The molecule has 92 valence electrons. The maximum Gasteiger partial charge on any atom is 0.425 e. The molecule has 1 heterocycles. The van der Waals surface area contributed by atoms with Crippen LogP contribution in [0, 0.1) is 11.3 Å². The molecule has 17 heavy (non-hydrogen) atoms. The Bertz CT molecular complexity index is 461. The monoisotopic (exact) mass is 247 g/mol. The number of rotatable bonds is 1. The van der Waals surface area contributed by atoms with Crippen molar-refractivity contribution >= 4 is 11.8 Å². The van der Waals surface area contributed by atoms with Crippen molar-refractivity contribution in [3.05, 3.63) is 11.3 Å². The van der Waals surface area contributed by atoms with E-state index in [1.54, 1.807) is 0 Å². The van der Waals surface area contributed by atoms with Crippen molar-refractivity contribution in [3.63, 3.8) is 0 Å². The smallest absolute Gasteiger partial charge is 0.330 e. The predicted molar refractivity (Wildman–Crippen MR) is 49.1 cm³/mol. The molecule has 0 bridgehead atoms. The van der Waals surface area contributed by atoms with Gasteiger partial charge in [0.05, 0.1) is 11.6 Å². The van der Waals surface area contributed by atoms with Gasteiger partial charge in [-0.15, -0.1) is 0 Å². The molecule has 0 aromatic carbocycles. The number of hydrogen-bond acceptors (Lipinski definition) is 3. The second-order valence-electron chi connectivity index (χ2n) is 3.49. The molecule has 0 saturated heterocycles. The zero-order valence-electron chi connectivity index (χ0n) is 8.90. The molecule has 0 fully saturated rings. The third-order valence-corrected chi connectivity index (χ3v) is 2.29. The van der Waals surface area contributed by atoms with Crippen LogP contribution in [0.1, 0.15) is 13.8 Å². The highest BCUT2D eigenvalue weighted by atomic mass is 19.4. The predicted octanol–water partition coefficient (Wildman–Crippen LogP) is 0.351. The van der Waals surface area contributed by atoms with E-state index >= 15 is 0 Å². The highest BCUT2D eigenvalue weighted by molar-refractivity contribution is 6.00. The van der Waals surface area contributed by atoms with Crippen LogP contribution >= 0.6 is 0 Å². The summed E-state index contributed by atoms with van der Waals surface area (Å²) in [6.07, 6.45) is -5.09. The van der Waals surface area contributed by atoms with Crippen molar-refractivity contribution in [2.45, 2.75) is 25.6 Å². The van der Waals surface area contributed by atoms with Crippen molar-refractivity contribution in [2.24, 2.45) is 0 Å². The van der Waals surface area contributed by atoms with Crippen LogP contribution < -0.4 is 10.6 Å². The molecule has 0 aromatic rings. The molecule has 1 aliphatic heterocycles. The molecule has 2 N–H and O–H groups in total. The van der Waals surface area contributed by atoms with Crippen LogP contribution in [0.3, 0.4) is 0 Å². The molecule has 0 spiro atoms. The Labute approximate surface area is 94.3 Å². The highest BCUT2D eigenvalue weighted by Crippen LogP contribution is 2.40. The maximum absolute atomic E-state index is 13.0. The van der Waals surface area contributed by atoms with E-state index in [-0.39, 0.29) is 5.70 Å². The minimum Gasteiger partial charge on any atom is -0.330 e. The molecule has 0 radical (unpaired) electrons. The van der Waals surface area contributed by atoms with E-state index in [4.69, 9.17) is 5.26 Å². The average molecular weight is 247 g/mol. The van der Waals surface area contributed by atoms with Crippen LogP contribution in [0.4, 0.5) is 13.2 Å². The average Bonchev–Trinajstić information content (AvgIpc) is 2.36. The van der Waals surface area contributed by atoms with Gasteiger partial charge in [0.2, 0.25) is 5.91 Å². The van der Waals surface area contributed by atoms with E-state index in [2.05, 4.69) is 0 Å². The maximum atomic E-state index is 13.0. The third kappa shape index (κ3) is 1.73. The van der Waals surface area contributed by atoms with Gasteiger partial charge in [0.1, 0.15) is 0 Å². The Morgan fingerprint density at radius 3 is 2.41 bits per heavy atom. The molecule has 0 aliphatic carbocycles. The summed E-state index contributed by atoms with van der Waals surface area (Å²) < 4.78 is 38.9. The van der Waals surface area contributed by atoms with E-state index in [1.807, 2.05) is 5.32 Å². The van der Waals surface area contributed by atoms with Crippen molar-refractivity contribution in [2.75, 3.05) is 0 Å². The number of nitrogens with zero attached hydrogens (tertiary/aromatic N) is 1. The fraction of sp³-hybridized carbons (Fsp3) is 0.444. The van der Waals surface area contributed by atoms with Crippen LogP contribution in [0.15, 0.2) is 11.3 Å². The number of hydrogen-bond donors (Lipinski definition) is 2. The fourth-order valence-electron chi connectivity index (χ4n) is 1.61. The summed E-state index contributed by atoms with van der Waals surface area (Å²) in [5, 5.41) is 12.1. The van der Waals surface area contributed by atoms with Gasteiger partial charge in [-0.25, -0.2) is 0 Å². The molecule has 5 nitrogen and oxygen atoms in total. The van der Waals surface area contributed by atoms with E-state index < -0.39 is 29.1 Å². The van der Waals surface area contributed by atoms with Gasteiger partial charge in [0.15, 0.2) is 0 Å². The van der Waals surface area contributed by atoms with Gasteiger partial charge >= 0.3 is 6.18 Å². The topological polar surface area (TPSA) is 82.0 Å². The van der Waals surface area contributed by atoms with Crippen LogP contribution in [0.2, 0.25) is 0 Å². The van der Waals surface area contributed by atoms with Gasteiger partial charge in [-0.1, -0.05) is 0 Å². The number of alkyl halides is 3. The van der Waals surface area contributed by atoms with Crippen molar-refractivity contribution in [1.82, 2.24) is 10.6 Å². The summed E-state index contributed by atoms with van der Waals surface area (Å²) in [7, 11) is 0. The largest absolute Gasteiger partial charge is 0.425 e. The van der Waals surface area contributed by atoms with Crippen LogP contribution in [-0.2, 0) is 9.59 Å². The quantitative estimate of drug-likeness (QED) is 0.701. The molecule has 2 amide bonds. The fourth-order valence-corrected chi connectivity index (χ4v) is 1.61. The van der Waals surface area contributed by atoms with Crippen molar-refractivity contribution in [1.29, 1.82) is 5.26 Å². The molecule has 0 unspecified atom stereocenters. The highest BCUT2D eigenvalue weighted by Gasteiger charge is 2.67. The summed E-state index contributed by atoms with van der Waals surface area (Å²) in [5.74, 6) is -2.53. The summed E-state index contributed by atoms with van der Waals surface area (Å²) in [6.45, 7) is 2.00. The first-order valence-corrected chi connectivity index (χ1v) is 4.45. The number of carbonyl (C=O) groups is 2. The summed E-state index contributed by atoms with van der Waals surface area (Å²) in [5.41, 5.74) is -4.34. The van der Waals surface area contributed by atoms with Gasteiger partial charge < -0.3 is 10.6 Å². The lowest BCUT2D eigenvalue weighted by Gasteiger charge is -2.29. The number of nitrogens with one attached hydrogen (secondary N) is 2. The summed E-state index contributed by atoms with van der Waals surface area (Å²) in [6, 6.07) is 1.31. The first-order chi connectivity index (χ1) is 7.66. The molecule has 1 aliphatic rings. The van der Waals surface area contributed by atoms with Crippen LogP contribution in [0.25, 0.3) is 0 Å². The normalized spacial score (nSPS) is 24.4. The number of nitriles is 1. The van der Waals surface area contributed by atoms with Gasteiger partial charge in [-0.3, -0.25) is 9.59 Å². The SMILES string of the molecule is CC(=O)N[C@@]1(C(F)(F)F)C(=O)NC(C)=C1C#N. The first kappa shape index (κ1) is 13.0. The lowest BCUT2D eigenvalue weighted by atomic mass is 9.90. The van der Waals surface area contributed by atoms with Crippen molar-refractivity contribution < 1.29 is 22.8 Å². The number of halogens is 3. The summed E-state index contributed by atoms with van der Waals surface area (Å²) >= 11 is 0. The number of carbonyl (C=O) groups excluding carboxylic acids is 2. The van der Waals surface area contributed by atoms with Gasteiger partial charge in [0.25, 0.3) is 11.4 Å². The molecule has 1 atom stereocenters. The van der Waals surface area contributed by atoms with Gasteiger partial charge in [-0.2, -0.15) is 18.4 Å². The minimum absolute atomic E-state index is 0.219. The van der Waals surface area contributed by atoms with E-state index in [0.717, 1.165) is 13.8 Å². The molecule has 0 aromatic heterocycles. The second kappa shape index (κ2) is 3.76. The lowest BCUT2D eigenvalue weighted by molar-refractivity contribution is -0.189. The Kier molecular flexibility index (Phi) is 2.88. The van der Waals surface area contributed by atoms with Gasteiger partial charge in [-0.05, 0) is 6.92 Å². The zero-order chi connectivity index (χ0) is 13.4. The third-order valence-electron chi connectivity index (χ3n) is 2.29. The molecular formula is C9H8F3N3O2. The molecule has 8 heteroatoms. The Morgan fingerprint density at radius 2 is 2.06 bits per heavy atom. The van der Waals surface area contributed by atoms with Crippen molar-refractivity contribution in [3.8, 4) is 6.07 Å². The Morgan fingerprint density at radius 1 is 1.53 bits per heavy atom. The van der Waals surface area contributed by atoms with E-state index in [1.165, 1.54) is 11.4 Å². The standard InChI is InChI=1S/C9H8F3N3O2/c1-4-6(3-13)8(7(17)14-4,9(10,11)12)15-5(2)16/h1-2H3,(H,14,17)(H,15,16)/t8-/m1/s1. The van der Waals surface area contributed by atoms with Gasteiger partial charge in [0, 0.05) is 12.6 Å². The van der Waals surface area contributed by atoms with Crippen LogP contribution in [0.5, 0.6) is 0 Å². The first-order valence-electron chi connectivity index (χ1n) is 4.45. The minimum atomic E-state index is -5.09. The molecular weight excluding hydrogens is 239 g/mol. The van der Waals surface area contributed by atoms with Crippen LogP contribution in [-0.4, -0.2) is 23.5 Å². The second-order valence-corrected chi connectivity index (χ2v) is 3.49. The molecule has 1 rings (SSSR count). The zero-order valence-corrected chi connectivity index (χ0v) is 8.90. The number of allylic oxidation sites excluding steroid dienone is 1. The number of amides is 2. The lowest BCUT2D eigenvalue weighted by Crippen LogP contribution is -2.64. The summed E-state index contributed by atoms with van der Waals surface area (Å²) in [4.78, 5) is 22.3. The van der Waals surface area contributed by atoms with E-state index in [0.29, 0.717) is 0 Å².